The summed E-state index contributed by atoms with van der Waals surface area (Å²) in [4.78, 5) is 27.8. The predicted octanol–water partition coefficient (Wildman–Crippen LogP) is 1.03. The Kier molecular flexibility index (Phi) is 5.31. The second kappa shape index (κ2) is 7.21. The molecule has 0 spiro atoms. The van der Waals surface area contributed by atoms with Crippen LogP contribution in [0.1, 0.15) is 36.1 Å². The number of carbonyl (C=O) groups is 1. The average molecular weight is 317 g/mol. The highest BCUT2D eigenvalue weighted by molar-refractivity contribution is 5.76. The van der Waals surface area contributed by atoms with E-state index in [1.54, 1.807) is 6.92 Å². The zero-order valence-electron chi connectivity index (χ0n) is 14.0. The third kappa shape index (κ3) is 4.77. The molecule has 7 heteroatoms. The van der Waals surface area contributed by atoms with Gasteiger partial charge in [0.05, 0.1) is 5.69 Å². The van der Waals surface area contributed by atoms with Crippen LogP contribution in [-0.2, 0) is 17.8 Å². The normalized spacial score (nSPS) is 12.2. The molecule has 1 amide bonds. The van der Waals surface area contributed by atoms with E-state index in [0.29, 0.717) is 18.7 Å². The summed E-state index contributed by atoms with van der Waals surface area (Å²) >= 11 is 0. The molecule has 0 aliphatic carbocycles. The zero-order chi connectivity index (χ0) is 17.0. The third-order valence-corrected chi connectivity index (χ3v) is 3.59. The molecule has 23 heavy (non-hydrogen) atoms. The molecule has 0 fully saturated rings. The van der Waals surface area contributed by atoms with Crippen LogP contribution < -0.4 is 11.0 Å². The van der Waals surface area contributed by atoms with Gasteiger partial charge in [0.2, 0.25) is 5.91 Å². The number of aromatic nitrogens is 4. The second-order valence-electron chi connectivity index (χ2n) is 5.94. The second-order valence-corrected chi connectivity index (χ2v) is 5.94. The number of nitrogens with one attached hydrogen (secondary N) is 2. The van der Waals surface area contributed by atoms with Crippen LogP contribution in [0.5, 0.6) is 0 Å². The summed E-state index contributed by atoms with van der Waals surface area (Å²) in [6, 6.07) is 3.78. The Labute approximate surface area is 135 Å². The smallest absolute Gasteiger partial charge is 0.347 e. The minimum atomic E-state index is -0.310. The van der Waals surface area contributed by atoms with Crippen LogP contribution in [-0.4, -0.2) is 31.7 Å². The molecular formula is C16H23N5O2. The maximum Gasteiger partial charge on any atom is 0.347 e. The van der Waals surface area contributed by atoms with Gasteiger partial charge in [0.25, 0.3) is 0 Å². The van der Waals surface area contributed by atoms with Crippen LogP contribution >= 0.6 is 0 Å². The van der Waals surface area contributed by atoms with E-state index in [0.717, 1.165) is 17.1 Å². The highest BCUT2D eigenvalue weighted by atomic mass is 16.2. The molecule has 0 aliphatic heterocycles. The van der Waals surface area contributed by atoms with Crippen molar-refractivity contribution in [3.05, 3.63) is 45.4 Å². The van der Waals surface area contributed by atoms with Gasteiger partial charge in [-0.25, -0.2) is 4.79 Å². The quantitative estimate of drug-likeness (QED) is 0.832. The summed E-state index contributed by atoms with van der Waals surface area (Å²) in [6.07, 6.45) is 0.913. The fourth-order valence-electron chi connectivity index (χ4n) is 2.55. The van der Waals surface area contributed by atoms with Gasteiger partial charge in [0, 0.05) is 42.5 Å². The largest absolute Gasteiger partial charge is 0.353 e. The van der Waals surface area contributed by atoms with Crippen molar-refractivity contribution in [3.63, 3.8) is 0 Å². The van der Waals surface area contributed by atoms with Gasteiger partial charge in [-0.15, -0.1) is 0 Å². The van der Waals surface area contributed by atoms with Crippen LogP contribution in [0.25, 0.3) is 0 Å². The molecule has 0 aromatic carbocycles. The number of amides is 1. The number of hydrogen-bond acceptors (Lipinski definition) is 4. The van der Waals surface area contributed by atoms with Crippen LogP contribution in [0.2, 0.25) is 0 Å². The average Bonchev–Trinajstić information content (AvgIpc) is 2.82. The molecular weight excluding hydrogens is 294 g/mol. The minimum absolute atomic E-state index is 0.0147. The molecule has 2 aromatic heterocycles. The summed E-state index contributed by atoms with van der Waals surface area (Å²) in [6.45, 7) is 7.83. The van der Waals surface area contributed by atoms with E-state index >= 15 is 0 Å². The Morgan fingerprint density at radius 2 is 2.09 bits per heavy atom. The van der Waals surface area contributed by atoms with Crippen molar-refractivity contribution in [2.45, 2.75) is 53.1 Å². The first-order chi connectivity index (χ1) is 10.8. The van der Waals surface area contributed by atoms with Crippen molar-refractivity contribution in [2.75, 3.05) is 0 Å². The van der Waals surface area contributed by atoms with E-state index in [4.69, 9.17) is 0 Å². The first-order valence-corrected chi connectivity index (χ1v) is 7.70. The first kappa shape index (κ1) is 16.9. The van der Waals surface area contributed by atoms with Crippen LogP contribution in [0.4, 0.5) is 0 Å². The van der Waals surface area contributed by atoms with Crippen molar-refractivity contribution < 1.29 is 4.79 Å². The molecule has 0 saturated heterocycles. The molecule has 2 rings (SSSR count). The summed E-state index contributed by atoms with van der Waals surface area (Å²) < 4.78 is 1.52. The lowest BCUT2D eigenvalue weighted by molar-refractivity contribution is -0.121. The van der Waals surface area contributed by atoms with Crippen molar-refractivity contribution in [2.24, 2.45) is 0 Å². The van der Waals surface area contributed by atoms with E-state index in [1.165, 1.54) is 4.57 Å². The van der Waals surface area contributed by atoms with E-state index in [1.807, 2.05) is 32.9 Å². The van der Waals surface area contributed by atoms with Gasteiger partial charge < -0.3 is 5.32 Å². The van der Waals surface area contributed by atoms with Gasteiger partial charge in [0.1, 0.15) is 0 Å². The minimum Gasteiger partial charge on any atom is -0.353 e. The lowest BCUT2D eigenvalue weighted by atomic mass is 10.1. The van der Waals surface area contributed by atoms with Gasteiger partial charge in [0.15, 0.2) is 0 Å². The van der Waals surface area contributed by atoms with Crippen LogP contribution in [0.3, 0.4) is 0 Å². The Hall–Kier alpha value is -2.44. The van der Waals surface area contributed by atoms with E-state index in [2.05, 4.69) is 20.5 Å². The Morgan fingerprint density at radius 3 is 2.70 bits per heavy atom. The number of aromatic amines is 1. The number of nitrogens with zero attached hydrogens (tertiary/aromatic N) is 3. The molecule has 0 aliphatic rings. The van der Waals surface area contributed by atoms with E-state index in [-0.39, 0.29) is 24.1 Å². The lowest BCUT2D eigenvalue weighted by Gasteiger charge is -2.14. The molecule has 124 valence electrons. The summed E-state index contributed by atoms with van der Waals surface area (Å²) in [7, 11) is 0. The van der Waals surface area contributed by atoms with E-state index < -0.39 is 0 Å². The fraction of sp³-hybridized carbons (Fsp3) is 0.500. The van der Waals surface area contributed by atoms with Crippen molar-refractivity contribution in [1.82, 2.24) is 25.1 Å². The standard InChI is InChI=1S/C16H23N5O2/c1-10-7-13(4)21(16(23)18-10)6-5-15(22)17-11(2)8-14-9-12(3)19-20-14/h7,9,11H,5-6,8H2,1-4H3,(H,17,22)(H,19,20). The Morgan fingerprint density at radius 1 is 1.35 bits per heavy atom. The number of rotatable bonds is 6. The SMILES string of the molecule is Cc1cc(C)n(CCC(=O)NC(C)Cc2cc(C)[nH]n2)c(=O)n1. The number of H-pyrrole nitrogens is 1. The molecule has 0 radical (unpaired) electrons. The predicted molar refractivity (Wildman–Crippen MR) is 87.2 cm³/mol. The van der Waals surface area contributed by atoms with Gasteiger partial charge >= 0.3 is 5.69 Å². The van der Waals surface area contributed by atoms with Crippen LogP contribution in [0.15, 0.2) is 16.9 Å². The zero-order valence-corrected chi connectivity index (χ0v) is 14.0. The summed E-state index contributed by atoms with van der Waals surface area (Å²) in [5, 5.41) is 9.97. The Bertz CT molecular complexity index is 747. The van der Waals surface area contributed by atoms with Crippen molar-refractivity contribution in [1.29, 1.82) is 0 Å². The maximum absolute atomic E-state index is 12.0. The molecule has 1 atom stereocenters. The molecule has 7 nitrogen and oxygen atoms in total. The molecule has 2 N–H and O–H groups in total. The number of carbonyl (C=O) groups excluding carboxylic acids is 1. The monoisotopic (exact) mass is 317 g/mol. The molecule has 1 unspecified atom stereocenters. The molecule has 2 heterocycles. The molecule has 0 saturated carbocycles. The van der Waals surface area contributed by atoms with Gasteiger partial charge in [-0.05, 0) is 39.8 Å². The summed E-state index contributed by atoms with van der Waals surface area (Å²) in [5.41, 5.74) is 3.12. The van der Waals surface area contributed by atoms with Gasteiger partial charge in [-0.3, -0.25) is 14.5 Å². The lowest BCUT2D eigenvalue weighted by Crippen LogP contribution is -2.36. The summed E-state index contributed by atoms with van der Waals surface area (Å²) in [5.74, 6) is -0.0865. The van der Waals surface area contributed by atoms with Gasteiger partial charge in [-0.2, -0.15) is 10.1 Å². The van der Waals surface area contributed by atoms with Gasteiger partial charge in [-0.1, -0.05) is 0 Å². The Balaban J connectivity index is 1.86. The fourth-order valence-corrected chi connectivity index (χ4v) is 2.55. The number of aryl methyl sites for hydroxylation is 3. The van der Waals surface area contributed by atoms with Crippen LogP contribution in [0, 0.1) is 20.8 Å². The number of hydrogen-bond donors (Lipinski definition) is 2. The van der Waals surface area contributed by atoms with E-state index in [9.17, 15) is 9.59 Å². The highest BCUT2D eigenvalue weighted by Gasteiger charge is 2.11. The van der Waals surface area contributed by atoms with Crippen molar-refractivity contribution in [3.8, 4) is 0 Å². The highest BCUT2D eigenvalue weighted by Crippen LogP contribution is 2.03. The molecule has 2 aromatic rings. The first-order valence-electron chi connectivity index (χ1n) is 7.70. The third-order valence-electron chi connectivity index (χ3n) is 3.59. The van der Waals surface area contributed by atoms with Crippen molar-refractivity contribution >= 4 is 5.91 Å². The molecule has 0 bridgehead atoms. The topological polar surface area (TPSA) is 92.7 Å². The maximum atomic E-state index is 12.0.